The normalized spacial score (nSPS) is 10.5. The molecule has 0 fully saturated rings. The highest BCUT2D eigenvalue weighted by molar-refractivity contribution is 6.30. The summed E-state index contributed by atoms with van der Waals surface area (Å²) in [5.74, 6) is 0.784. The summed E-state index contributed by atoms with van der Waals surface area (Å²) in [5, 5.41) is 11.6. The van der Waals surface area contributed by atoms with E-state index in [4.69, 9.17) is 11.6 Å². The van der Waals surface area contributed by atoms with Gasteiger partial charge in [-0.3, -0.25) is 0 Å². The average Bonchev–Trinajstić information content (AvgIpc) is 2.82. The van der Waals surface area contributed by atoms with Crippen LogP contribution in [-0.2, 0) is 6.42 Å². The number of imidazole rings is 1. The monoisotopic (exact) mass is 251 g/mol. The molecule has 0 unspecified atom stereocenters. The molecule has 0 amide bonds. The fourth-order valence-corrected chi connectivity index (χ4v) is 1.66. The molecular weight excluding hydrogens is 238 g/mol. The van der Waals surface area contributed by atoms with Crippen molar-refractivity contribution in [3.63, 3.8) is 0 Å². The third kappa shape index (κ3) is 2.74. The zero-order valence-electron chi connectivity index (χ0n) is 9.79. The Kier molecular flexibility index (Phi) is 3.58. The van der Waals surface area contributed by atoms with Crippen LogP contribution in [0.15, 0.2) is 12.5 Å². The maximum atomic E-state index is 5.89. The van der Waals surface area contributed by atoms with Gasteiger partial charge in [0.25, 0.3) is 0 Å². The Morgan fingerprint density at radius 1 is 1.29 bits per heavy atom. The number of hydrogen-bond acceptors (Lipinski definition) is 4. The molecule has 0 bridgehead atoms. The van der Waals surface area contributed by atoms with Crippen LogP contribution in [-0.4, -0.2) is 26.7 Å². The second-order valence-corrected chi connectivity index (χ2v) is 4.20. The number of hydrogen-bond donors (Lipinski definition) is 2. The molecule has 0 saturated carbocycles. The predicted molar refractivity (Wildman–Crippen MR) is 67.3 cm³/mol. The van der Waals surface area contributed by atoms with Crippen molar-refractivity contribution >= 4 is 17.4 Å². The summed E-state index contributed by atoms with van der Waals surface area (Å²) in [5.41, 5.74) is 3.09. The summed E-state index contributed by atoms with van der Waals surface area (Å²) in [7, 11) is 0. The van der Waals surface area contributed by atoms with Gasteiger partial charge in [-0.25, -0.2) is 4.98 Å². The van der Waals surface area contributed by atoms with Gasteiger partial charge in [-0.2, -0.15) is 0 Å². The minimum absolute atomic E-state index is 0.460. The largest absolute Gasteiger partial charge is 0.368 e. The van der Waals surface area contributed by atoms with Gasteiger partial charge < -0.3 is 10.3 Å². The van der Waals surface area contributed by atoms with Gasteiger partial charge in [0.15, 0.2) is 11.0 Å². The summed E-state index contributed by atoms with van der Waals surface area (Å²) in [6.07, 6.45) is 4.35. The smallest absolute Gasteiger partial charge is 0.155 e. The molecule has 0 aromatic carbocycles. The summed E-state index contributed by atoms with van der Waals surface area (Å²) in [4.78, 5) is 7.01. The minimum Gasteiger partial charge on any atom is -0.368 e. The molecule has 0 atom stereocenters. The fourth-order valence-electron chi connectivity index (χ4n) is 1.48. The standard InChI is InChI=1S/C11H14ClN5/c1-7-8(2)11(17-16-10(7)12)14-4-3-9-5-13-6-15-9/h5-6H,3-4H2,1-2H3,(H,13,15)(H,14,17). The summed E-state index contributed by atoms with van der Waals surface area (Å²) >= 11 is 5.89. The average molecular weight is 252 g/mol. The Hall–Kier alpha value is -1.62. The molecule has 17 heavy (non-hydrogen) atoms. The number of aromatic amines is 1. The zero-order valence-corrected chi connectivity index (χ0v) is 10.5. The van der Waals surface area contributed by atoms with Crippen molar-refractivity contribution in [2.24, 2.45) is 0 Å². The van der Waals surface area contributed by atoms with E-state index in [1.165, 1.54) is 0 Å². The van der Waals surface area contributed by atoms with Crippen LogP contribution < -0.4 is 5.32 Å². The van der Waals surface area contributed by atoms with Gasteiger partial charge in [0.1, 0.15) is 0 Å². The number of halogens is 1. The second-order valence-electron chi connectivity index (χ2n) is 3.84. The molecule has 2 aromatic rings. The van der Waals surface area contributed by atoms with Crippen LogP contribution in [0.1, 0.15) is 16.8 Å². The van der Waals surface area contributed by atoms with Crippen molar-refractivity contribution < 1.29 is 0 Å². The lowest BCUT2D eigenvalue weighted by Crippen LogP contribution is -2.09. The van der Waals surface area contributed by atoms with E-state index in [1.54, 1.807) is 6.33 Å². The van der Waals surface area contributed by atoms with E-state index < -0.39 is 0 Å². The lowest BCUT2D eigenvalue weighted by Gasteiger charge is -2.09. The first-order chi connectivity index (χ1) is 8.18. The first-order valence-electron chi connectivity index (χ1n) is 5.39. The van der Waals surface area contributed by atoms with Crippen molar-refractivity contribution in [2.45, 2.75) is 20.3 Å². The molecule has 2 rings (SSSR count). The number of aromatic nitrogens is 4. The summed E-state index contributed by atoms with van der Waals surface area (Å²) in [6, 6.07) is 0. The first-order valence-corrected chi connectivity index (χ1v) is 5.77. The molecule has 0 saturated heterocycles. The Labute approximate surface area is 105 Å². The molecule has 0 aliphatic heterocycles. The van der Waals surface area contributed by atoms with Crippen LogP contribution in [0, 0.1) is 13.8 Å². The van der Waals surface area contributed by atoms with E-state index in [1.807, 2.05) is 20.0 Å². The molecule has 6 heteroatoms. The molecule has 0 aliphatic carbocycles. The van der Waals surface area contributed by atoms with Crippen LogP contribution >= 0.6 is 11.6 Å². The van der Waals surface area contributed by atoms with Gasteiger partial charge in [0, 0.05) is 24.9 Å². The second kappa shape index (κ2) is 5.14. The summed E-state index contributed by atoms with van der Waals surface area (Å²) in [6.45, 7) is 4.69. The number of H-pyrrole nitrogens is 1. The van der Waals surface area contributed by atoms with Crippen molar-refractivity contribution in [3.05, 3.63) is 34.5 Å². The van der Waals surface area contributed by atoms with Gasteiger partial charge in [0.05, 0.1) is 6.33 Å². The Balaban J connectivity index is 1.97. The molecule has 2 aromatic heterocycles. The lowest BCUT2D eigenvalue weighted by atomic mass is 10.2. The van der Waals surface area contributed by atoms with E-state index in [0.717, 1.165) is 35.6 Å². The number of anilines is 1. The molecular formula is C11H14ClN5. The number of nitrogens with zero attached hydrogens (tertiary/aromatic N) is 3. The number of rotatable bonds is 4. The van der Waals surface area contributed by atoms with E-state index in [2.05, 4.69) is 25.5 Å². The Bertz CT molecular complexity index is 495. The van der Waals surface area contributed by atoms with Crippen molar-refractivity contribution in [1.29, 1.82) is 0 Å². The van der Waals surface area contributed by atoms with Crippen molar-refractivity contribution in [2.75, 3.05) is 11.9 Å². The molecule has 90 valence electrons. The molecule has 0 spiro atoms. The molecule has 2 heterocycles. The van der Waals surface area contributed by atoms with Crippen molar-refractivity contribution in [1.82, 2.24) is 20.2 Å². The highest BCUT2D eigenvalue weighted by atomic mass is 35.5. The van der Waals surface area contributed by atoms with Crippen LogP contribution in [0.4, 0.5) is 5.82 Å². The molecule has 2 N–H and O–H groups in total. The topological polar surface area (TPSA) is 66.5 Å². The van der Waals surface area contributed by atoms with E-state index in [9.17, 15) is 0 Å². The van der Waals surface area contributed by atoms with Crippen LogP contribution in [0.5, 0.6) is 0 Å². The SMILES string of the molecule is Cc1c(Cl)nnc(NCCc2cnc[nH]2)c1C. The van der Waals surface area contributed by atoms with Gasteiger partial charge in [-0.05, 0) is 25.0 Å². The lowest BCUT2D eigenvalue weighted by molar-refractivity contribution is 0.931. The Morgan fingerprint density at radius 2 is 2.12 bits per heavy atom. The molecule has 5 nitrogen and oxygen atoms in total. The number of nitrogens with one attached hydrogen (secondary N) is 2. The van der Waals surface area contributed by atoms with Gasteiger partial charge in [-0.15, -0.1) is 10.2 Å². The minimum atomic E-state index is 0.460. The van der Waals surface area contributed by atoms with Crippen molar-refractivity contribution in [3.8, 4) is 0 Å². The molecule has 0 aliphatic rings. The summed E-state index contributed by atoms with van der Waals surface area (Å²) < 4.78 is 0. The maximum Gasteiger partial charge on any atom is 0.155 e. The third-order valence-electron chi connectivity index (χ3n) is 2.71. The van der Waals surface area contributed by atoms with E-state index >= 15 is 0 Å². The van der Waals surface area contributed by atoms with Gasteiger partial charge in [-0.1, -0.05) is 11.6 Å². The van der Waals surface area contributed by atoms with Crippen LogP contribution in [0.3, 0.4) is 0 Å². The zero-order chi connectivity index (χ0) is 12.3. The highest BCUT2D eigenvalue weighted by Gasteiger charge is 2.07. The molecule has 0 radical (unpaired) electrons. The quantitative estimate of drug-likeness (QED) is 0.874. The predicted octanol–water partition coefficient (Wildman–Crippen LogP) is 2.12. The van der Waals surface area contributed by atoms with E-state index in [-0.39, 0.29) is 0 Å². The van der Waals surface area contributed by atoms with E-state index in [0.29, 0.717) is 5.15 Å². The van der Waals surface area contributed by atoms with Crippen LogP contribution in [0.25, 0.3) is 0 Å². The Morgan fingerprint density at radius 3 is 2.82 bits per heavy atom. The maximum absolute atomic E-state index is 5.89. The van der Waals surface area contributed by atoms with Gasteiger partial charge >= 0.3 is 0 Å². The van der Waals surface area contributed by atoms with Crippen LogP contribution in [0.2, 0.25) is 5.15 Å². The van der Waals surface area contributed by atoms with Gasteiger partial charge in [0.2, 0.25) is 0 Å². The third-order valence-corrected chi connectivity index (χ3v) is 3.07. The highest BCUT2D eigenvalue weighted by Crippen LogP contribution is 2.20. The fraction of sp³-hybridized carbons (Fsp3) is 0.364. The first kappa shape index (κ1) is 11.9.